The Morgan fingerprint density at radius 2 is 2.04 bits per heavy atom. The molecule has 1 saturated carbocycles. The zero-order valence-electron chi connectivity index (χ0n) is 13.8. The molecule has 0 spiro atoms. The van der Waals surface area contributed by atoms with Gasteiger partial charge in [0, 0.05) is 36.2 Å². The van der Waals surface area contributed by atoms with Gasteiger partial charge in [-0.1, -0.05) is 12.8 Å². The zero-order valence-corrected chi connectivity index (χ0v) is 15.4. The summed E-state index contributed by atoms with van der Waals surface area (Å²) in [5.41, 5.74) is 0.599. The lowest BCUT2D eigenvalue weighted by Gasteiger charge is -2.33. The highest BCUT2D eigenvalue weighted by molar-refractivity contribution is 9.10. The number of nitrogens with one attached hydrogen (secondary N) is 1. The number of hydrogen-bond donors (Lipinski definition) is 1. The minimum absolute atomic E-state index is 0.208. The van der Waals surface area contributed by atoms with Crippen LogP contribution in [0.25, 0.3) is 0 Å². The molecule has 0 bridgehead atoms. The molecule has 0 radical (unpaired) electrons. The van der Waals surface area contributed by atoms with Crippen LogP contribution in [0.15, 0.2) is 16.7 Å². The minimum Gasteiger partial charge on any atom is -0.356 e. The van der Waals surface area contributed by atoms with Crippen molar-refractivity contribution in [2.75, 3.05) is 18.0 Å². The Morgan fingerprint density at radius 3 is 2.71 bits per heavy atom. The van der Waals surface area contributed by atoms with Crippen molar-refractivity contribution in [3.05, 3.63) is 22.3 Å². The predicted octanol–water partition coefficient (Wildman–Crippen LogP) is 3.38. The van der Waals surface area contributed by atoms with E-state index in [1.54, 1.807) is 6.20 Å². The van der Waals surface area contributed by atoms with Crippen molar-refractivity contribution in [3.63, 3.8) is 0 Å². The Balaban J connectivity index is 1.50. The van der Waals surface area contributed by atoms with Gasteiger partial charge < -0.3 is 10.2 Å². The Kier molecular flexibility index (Phi) is 5.72. The monoisotopic (exact) mass is 390 g/mol. The first-order chi connectivity index (χ1) is 11.7. The molecule has 1 saturated heterocycles. The van der Waals surface area contributed by atoms with E-state index in [0.29, 0.717) is 23.9 Å². The van der Waals surface area contributed by atoms with E-state index in [2.05, 4.69) is 37.2 Å². The summed E-state index contributed by atoms with van der Waals surface area (Å²) in [6.07, 6.45) is 9.06. The van der Waals surface area contributed by atoms with Crippen molar-refractivity contribution in [2.24, 2.45) is 5.92 Å². The van der Waals surface area contributed by atoms with Crippen LogP contribution in [0.2, 0.25) is 0 Å². The Morgan fingerprint density at radius 1 is 1.33 bits per heavy atom. The van der Waals surface area contributed by atoms with Gasteiger partial charge in [0.25, 0.3) is 0 Å². The number of carbonyl (C=O) groups is 1. The number of carbonyl (C=O) groups excluding carboxylic acids is 1. The number of anilines is 1. The molecule has 6 heteroatoms. The Bertz CT molecular complexity index is 628. The van der Waals surface area contributed by atoms with Crippen LogP contribution >= 0.6 is 15.9 Å². The highest BCUT2D eigenvalue weighted by atomic mass is 79.9. The fourth-order valence-corrected chi connectivity index (χ4v) is 4.07. The van der Waals surface area contributed by atoms with Crippen molar-refractivity contribution in [1.29, 1.82) is 5.26 Å². The van der Waals surface area contributed by atoms with Crippen LogP contribution in [0.3, 0.4) is 0 Å². The van der Waals surface area contributed by atoms with Crippen molar-refractivity contribution in [3.8, 4) is 6.07 Å². The third-order valence-corrected chi connectivity index (χ3v) is 5.50. The lowest BCUT2D eigenvalue weighted by molar-refractivity contribution is -0.122. The maximum Gasteiger partial charge on any atom is 0.220 e. The summed E-state index contributed by atoms with van der Waals surface area (Å²) in [5, 5.41) is 12.5. The second-order valence-electron chi connectivity index (χ2n) is 6.82. The average Bonchev–Trinajstić information content (AvgIpc) is 3.08. The largest absolute Gasteiger partial charge is 0.356 e. The van der Waals surface area contributed by atoms with Crippen LogP contribution < -0.4 is 10.2 Å². The quantitative estimate of drug-likeness (QED) is 0.855. The van der Waals surface area contributed by atoms with Crippen molar-refractivity contribution < 1.29 is 4.79 Å². The number of aromatic nitrogens is 1. The molecule has 128 valence electrons. The summed E-state index contributed by atoms with van der Waals surface area (Å²) in [4.78, 5) is 18.7. The second-order valence-corrected chi connectivity index (χ2v) is 7.74. The van der Waals surface area contributed by atoms with Crippen LogP contribution in [0.5, 0.6) is 0 Å². The maximum atomic E-state index is 12.2. The number of nitriles is 1. The standard InChI is InChI=1S/C18H23BrN4O/c19-15-10-14(11-20)18(21-12-15)23-7-5-13(6-8-23)9-17(24)22-16-3-1-2-4-16/h10,12-13,16H,1-9H2,(H,22,24). The zero-order chi connectivity index (χ0) is 16.9. The normalized spacial score (nSPS) is 19.2. The van der Waals surface area contributed by atoms with E-state index in [0.717, 1.165) is 49.1 Å². The number of hydrogen-bond acceptors (Lipinski definition) is 4. The number of halogens is 1. The molecule has 1 aromatic rings. The number of rotatable bonds is 4. The van der Waals surface area contributed by atoms with Crippen LogP contribution in [0, 0.1) is 17.2 Å². The summed E-state index contributed by atoms with van der Waals surface area (Å²) in [6.45, 7) is 1.70. The summed E-state index contributed by atoms with van der Waals surface area (Å²) in [7, 11) is 0. The first kappa shape index (κ1) is 17.2. The topological polar surface area (TPSA) is 69.0 Å². The molecule has 2 heterocycles. The molecular weight excluding hydrogens is 368 g/mol. The average molecular weight is 391 g/mol. The van der Waals surface area contributed by atoms with Gasteiger partial charge in [-0.2, -0.15) is 5.26 Å². The maximum absolute atomic E-state index is 12.2. The minimum atomic E-state index is 0.208. The predicted molar refractivity (Wildman–Crippen MR) is 96.6 cm³/mol. The van der Waals surface area contributed by atoms with Gasteiger partial charge in [-0.15, -0.1) is 0 Å². The molecule has 1 aromatic heterocycles. The fraction of sp³-hybridized carbons (Fsp3) is 0.611. The van der Waals surface area contributed by atoms with Gasteiger partial charge in [0.2, 0.25) is 5.91 Å². The first-order valence-corrected chi connectivity index (χ1v) is 9.55. The Hall–Kier alpha value is -1.61. The second kappa shape index (κ2) is 7.98. The highest BCUT2D eigenvalue weighted by Crippen LogP contribution is 2.27. The van der Waals surface area contributed by atoms with Crippen LogP contribution in [0.1, 0.15) is 50.5 Å². The van der Waals surface area contributed by atoms with Gasteiger partial charge in [0.15, 0.2) is 0 Å². The fourth-order valence-electron chi connectivity index (χ4n) is 3.73. The highest BCUT2D eigenvalue weighted by Gasteiger charge is 2.25. The molecule has 5 nitrogen and oxygen atoms in total. The lowest BCUT2D eigenvalue weighted by atomic mass is 9.93. The first-order valence-electron chi connectivity index (χ1n) is 8.75. The number of amides is 1. The van der Waals surface area contributed by atoms with Crippen molar-refractivity contribution in [2.45, 2.75) is 51.0 Å². The summed E-state index contributed by atoms with van der Waals surface area (Å²) >= 11 is 3.36. The summed E-state index contributed by atoms with van der Waals surface area (Å²) in [5.74, 6) is 1.40. The van der Waals surface area contributed by atoms with Gasteiger partial charge in [-0.25, -0.2) is 4.98 Å². The Labute approximate surface area is 151 Å². The van der Waals surface area contributed by atoms with Crippen molar-refractivity contribution in [1.82, 2.24) is 10.3 Å². The summed E-state index contributed by atoms with van der Waals surface area (Å²) < 4.78 is 0.821. The SMILES string of the molecule is N#Cc1cc(Br)cnc1N1CCC(CC(=O)NC2CCCC2)CC1. The smallest absolute Gasteiger partial charge is 0.220 e. The van der Waals surface area contributed by atoms with Crippen LogP contribution in [0.4, 0.5) is 5.82 Å². The molecule has 1 amide bonds. The van der Waals surface area contributed by atoms with Gasteiger partial charge in [-0.3, -0.25) is 4.79 Å². The van der Waals surface area contributed by atoms with Crippen LogP contribution in [-0.2, 0) is 4.79 Å². The molecule has 2 fully saturated rings. The summed E-state index contributed by atoms with van der Waals surface area (Å²) in [6, 6.07) is 4.43. The molecule has 1 aliphatic heterocycles. The van der Waals surface area contributed by atoms with Crippen molar-refractivity contribution >= 4 is 27.7 Å². The van der Waals surface area contributed by atoms with E-state index in [9.17, 15) is 10.1 Å². The van der Waals surface area contributed by atoms with E-state index < -0.39 is 0 Å². The van der Waals surface area contributed by atoms with Crippen LogP contribution in [-0.4, -0.2) is 30.0 Å². The van der Waals surface area contributed by atoms with E-state index in [1.807, 2.05) is 6.07 Å². The molecule has 3 rings (SSSR count). The molecule has 0 aromatic carbocycles. The molecular formula is C18H23BrN4O. The van der Waals surface area contributed by atoms with Gasteiger partial charge in [-0.05, 0) is 53.6 Å². The van der Waals surface area contributed by atoms with Gasteiger partial charge in [0.05, 0.1) is 5.56 Å². The molecule has 0 atom stereocenters. The third-order valence-electron chi connectivity index (χ3n) is 5.06. The number of nitrogens with zero attached hydrogens (tertiary/aromatic N) is 3. The van der Waals surface area contributed by atoms with Gasteiger partial charge in [0.1, 0.15) is 11.9 Å². The molecule has 1 aliphatic carbocycles. The molecule has 24 heavy (non-hydrogen) atoms. The van der Waals surface area contributed by atoms with E-state index in [-0.39, 0.29) is 5.91 Å². The number of piperidine rings is 1. The van der Waals surface area contributed by atoms with E-state index in [1.165, 1.54) is 12.8 Å². The molecule has 0 unspecified atom stereocenters. The van der Waals surface area contributed by atoms with E-state index in [4.69, 9.17) is 0 Å². The number of pyridine rings is 1. The van der Waals surface area contributed by atoms with E-state index >= 15 is 0 Å². The molecule has 1 N–H and O–H groups in total. The molecule has 2 aliphatic rings. The lowest BCUT2D eigenvalue weighted by Crippen LogP contribution is -2.38. The third kappa shape index (κ3) is 4.27. The van der Waals surface area contributed by atoms with Gasteiger partial charge >= 0.3 is 0 Å².